The molecule has 2 aromatic rings. The van der Waals surface area contributed by atoms with Gasteiger partial charge in [0.15, 0.2) is 0 Å². The average Bonchev–Trinajstić information content (AvgIpc) is 3.15. The molecule has 0 atom stereocenters. The molecule has 1 fully saturated rings. The van der Waals surface area contributed by atoms with Crippen LogP contribution in [0.2, 0.25) is 0 Å². The van der Waals surface area contributed by atoms with Gasteiger partial charge < -0.3 is 15.3 Å². The van der Waals surface area contributed by atoms with Crippen LogP contribution in [0, 0.1) is 5.92 Å². The van der Waals surface area contributed by atoms with E-state index in [9.17, 15) is 9.59 Å². The number of carboxylic acids is 1. The molecule has 0 radical (unpaired) electrons. The topological polar surface area (TPSA) is 82.5 Å². The van der Waals surface area contributed by atoms with Crippen molar-refractivity contribution in [1.29, 1.82) is 0 Å². The fraction of sp³-hybridized carbons (Fsp3) is 0.421. The maximum atomic E-state index is 12.6. The lowest BCUT2D eigenvalue weighted by molar-refractivity contribution is -0.137. The van der Waals surface area contributed by atoms with Crippen molar-refractivity contribution in [3.63, 3.8) is 0 Å². The summed E-state index contributed by atoms with van der Waals surface area (Å²) >= 11 is 1.48. The number of nitrogens with one attached hydrogen (secondary N) is 1. The smallest absolute Gasteiger partial charge is 0.303 e. The second-order valence-corrected chi connectivity index (χ2v) is 7.43. The van der Waals surface area contributed by atoms with E-state index < -0.39 is 5.97 Å². The van der Waals surface area contributed by atoms with E-state index >= 15 is 0 Å². The quantitative estimate of drug-likeness (QED) is 0.814. The van der Waals surface area contributed by atoms with Crippen LogP contribution in [0.3, 0.4) is 0 Å². The Morgan fingerprint density at radius 2 is 1.96 bits per heavy atom. The number of aryl methyl sites for hydroxylation is 1. The number of carboxylic acid groups (broad SMARTS) is 1. The summed E-state index contributed by atoms with van der Waals surface area (Å²) in [4.78, 5) is 29.5. The molecule has 138 valence electrons. The Morgan fingerprint density at radius 1 is 1.27 bits per heavy atom. The molecule has 2 heterocycles. The first-order valence-corrected chi connectivity index (χ1v) is 9.67. The summed E-state index contributed by atoms with van der Waals surface area (Å²) in [6.45, 7) is 1.80. The molecule has 2 N–H and O–H groups in total. The predicted molar refractivity (Wildman–Crippen MR) is 103 cm³/mol. The zero-order valence-electron chi connectivity index (χ0n) is 14.8. The maximum Gasteiger partial charge on any atom is 0.303 e. The molecule has 1 saturated heterocycles. The summed E-state index contributed by atoms with van der Waals surface area (Å²) in [5.74, 6) is -0.548. The number of amides is 1. The van der Waals surface area contributed by atoms with E-state index in [1.807, 2.05) is 36.7 Å². The van der Waals surface area contributed by atoms with Crippen LogP contribution in [0.15, 0.2) is 29.6 Å². The molecule has 26 heavy (non-hydrogen) atoms. The lowest BCUT2D eigenvalue weighted by atomic mass is 9.96. The zero-order chi connectivity index (χ0) is 18.5. The van der Waals surface area contributed by atoms with Crippen LogP contribution >= 0.6 is 11.3 Å². The van der Waals surface area contributed by atoms with Crippen LogP contribution in [0.1, 0.15) is 24.3 Å². The van der Waals surface area contributed by atoms with Gasteiger partial charge in [0.25, 0.3) is 0 Å². The van der Waals surface area contributed by atoms with Gasteiger partial charge >= 0.3 is 5.97 Å². The zero-order valence-corrected chi connectivity index (χ0v) is 15.6. The summed E-state index contributed by atoms with van der Waals surface area (Å²) in [6, 6.07) is 7.78. The summed E-state index contributed by atoms with van der Waals surface area (Å²) in [5.41, 5.74) is 2.68. The Morgan fingerprint density at radius 3 is 2.62 bits per heavy atom. The average molecular weight is 373 g/mol. The van der Waals surface area contributed by atoms with Gasteiger partial charge in [0.1, 0.15) is 0 Å². The second kappa shape index (κ2) is 8.42. The van der Waals surface area contributed by atoms with Gasteiger partial charge in [-0.1, -0.05) is 12.1 Å². The van der Waals surface area contributed by atoms with E-state index in [1.165, 1.54) is 11.3 Å². The third-order valence-corrected chi connectivity index (χ3v) is 5.58. The molecule has 0 bridgehead atoms. The minimum absolute atomic E-state index is 0.0927. The highest BCUT2D eigenvalue weighted by Crippen LogP contribution is 2.26. The SMILES string of the molecule is CN(C(=O)C1CCNCC1)c1ccc(-c2csc(CCC(=O)O)n2)cc1. The number of nitrogens with zero attached hydrogens (tertiary/aromatic N) is 2. The van der Waals surface area contributed by atoms with Crippen molar-refractivity contribution in [3.8, 4) is 11.3 Å². The fourth-order valence-corrected chi connectivity index (χ4v) is 3.91. The number of aromatic nitrogens is 1. The van der Waals surface area contributed by atoms with Crippen molar-refractivity contribution in [1.82, 2.24) is 10.3 Å². The molecular weight excluding hydrogens is 350 g/mol. The molecule has 1 aliphatic rings. The number of anilines is 1. The lowest BCUT2D eigenvalue weighted by Gasteiger charge is -2.27. The number of rotatable bonds is 6. The van der Waals surface area contributed by atoms with Crippen molar-refractivity contribution in [3.05, 3.63) is 34.7 Å². The third-order valence-electron chi connectivity index (χ3n) is 4.67. The van der Waals surface area contributed by atoms with E-state index in [2.05, 4.69) is 10.3 Å². The van der Waals surface area contributed by atoms with E-state index in [4.69, 9.17) is 5.11 Å². The van der Waals surface area contributed by atoms with Crippen molar-refractivity contribution < 1.29 is 14.7 Å². The Hall–Kier alpha value is -2.25. The van der Waals surface area contributed by atoms with Gasteiger partial charge in [0, 0.05) is 36.0 Å². The Balaban J connectivity index is 1.66. The first-order chi connectivity index (χ1) is 12.5. The van der Waals surface area contributed by atoms with E-state index in [-0.39, 0.29) is 18.2 Å². The van der Waals surface area contributed by atoms with Crippen LogP contribution in [0.4, 0.5) is 5.69 Å². The van der Waals surface area contributed by atoms with Crippen molar-refractivity contribution >= 4 is 28.9 Å². The number of benzene rings is 1. The number of hydrogen-bond donors (Lipinski definition) is 2. The van der Waals surface area contributed by atoms with E-state index in [1.54, 1.807) is 4.90 Å². The number of aliphatic carboxylic acids is 1. The summed E-state index contributed by atoms with van der Waals surface area (Å²) < 4.78 is 0. The molecule has 6 nitrogen and oxygen atoms in total. The number of carbonyl (C=O) groups excluding carboxylic acids is 1. The molecule has 0 spiro atoms. The van der Waals surface area contributed by atoms with Gasteiger partial charge in [-0.25, -0.2) is 4.98 Å². The largest absolute Gasteiger partial charge is 0.481 e. The van der Waals surface area contributed by atoms with Crippen LogP contribution in [0.5, 0.6) is 0 Å². The van der Waals surface area contributed by atoms with Crippen LogP contribution in [-0.2, 0) is 16.0 Å². The summed E-state index contributed by atoms with van der Waals surface area (Å²) in [7, 11) is 1.83. The van der Waals surface area contributed by atoms with Gasteiger partial charge in [-0.2, -0.15) is 0 Å². The standard InChI is InChI=1S/C19H23N3O3S/c1-22(19(25)14-8-10-20-11-9-14)15-4-2-13(3-5-15)16-12-26-17(21-16)6-7-18(23)24/h2-5,12,14,20H,6-11H2,1H3,(H,23,24). The van der Waals surface area contributed by atoms with Gasteiger partial charge in [-0.15, -0.1) is 11.3 Å². The predicted octanol–water partition coefficient (Wildman–Crippen LogP) is 2.79. The normalized spacial score (nSPS) is 15.0. The van der Waals surface area contributed by atoms with Gasteiger partial charge in [0.05, 0.1) is 17.1 Å². The Labute approximate surface area is 156 Å². The molecule has 0 unspecified atom stereocenters. The fourth-order valence-electron chi connectivity index (χ4n) is 3.10. The maximum absolute atomic E-state index is 12.6. The highest BCUT2D eigenvalue weighted by Gasteiger charge is 2.24. The molecular formula is C19H23N3O3S. The van der Waals surface area contributed by atoms with Gasteiger partial charge in [-0.05, 0) is 38.1 Å². The van der Waals surface area contributed by atoms with Crippen LogP contribution < -0.4 is 10.2 Å². The molecule has 7 heteroatoms. The number of thiazole rings is 1. The lowest BCUT2D eigenvalue weighted by Crippen LogP contribution is -2.39. The first kappa shape index (κ1) is 18.5. The summed E-state index contributed by atoms with van der Waals surface area (Å²) in [5, 5.41) is 14.8. The van der Waals surface area contributed by atoms with Crippen LogP contribution in [0.25, 0.3) is 11.3 Å². The molecule has 1 aromatic carbocycles. The second-order valence-electron chi connectivity index (χ2n) is 6.49. The van der Waals surface area contributed by atoms with Crippen molar-refractivity contribution in [2.75, 3.05) is 25.0 Å². The van der Waals surface area contributed by atoms with Crippen molar-refractivity contribution in [2.45, 2.75) is 25.7 Å². The monoisotopic (exact) mass is 373 g/mol. The van der Waals surface area contributed by atoms with E-state index in [0.717, 1.165) is 47.9 Å². The molecule has 1 aliphatic heterocycles. The minimum Gasteiger partial charge on any atom is -0.481 e. The molecule has 1 amide bonds. The highest BCUT2D eigenvalue weighted by molar-refractivity contribution is 7.09. The highest BCUT2D eigenvalue weighted by atomic mass is 32.1. The number of hydrogen-bond acceptors (Lipinski definition) is 5. The first-order valence-electron chi connectivity index (χ1n) is 8.79. The number of carbonyl (C=O) groups is 2. The molecule has 0 saturated carbocycles. The summed E-state index contributed by atoms with van der Waals surface area (Å²) in [6.07, 6.45) is 2.32. The molecule has 0 aliphatic carbocycles. The number of piperidine rings is 1. The Kier molecular flexibility index (Phi) is 6.00. The van der Waals surface area contributed by atoms with Crippen molar-refractivity contribution in [2.24, 2.45) is 5.92 Å². The van der Waals surface area contributed by atoms with Gasteiger partial charge in [0.2, 0.25) is 5.91 Å². The van der Waals surface area contributed by atoms with E-state index in [0.29, 0.717) is 6.42 Å². The Bertz CT molecular complexity index is 767. The molecule has 1 aromatic heterocycles. The third kappa shape index (κ3) is 4.47. The van der Waals surface area contributed by atoms with Gasteiger partial charge in [-0.3, -0.25) is 9.59 Å². The minimum atomic E-state index is -0.812. The van der Waals surface area contributed by atoms with Crippen LogP contribution in [-0.4, -0.2) is 42.1 Å². The molecule has 3 rings (SSSR count).